The number of aromatic nitrogens is 1. The Morgan fingerprint density at radius 1 is 1.04 bits per heavy atom. The zero-order valence-corrected chi connectivity index (χ0v) is 24.5. The first-order valence-electron chi connectivity index (χ1n) is 14.6. The Kier molecular flexibility index (Phi) is 8.07. The summed E-state index contributed by atoms with van der Waals surface area (Å²) in [5.74, 6) is 0.762. The number of anilines is 1. The van der Waals surface area contributed by atoms with E-state index in [9.17, 15) is 35.9 Å². The van der Waals surface area contributed by atoms with E-state index < -0.39 is 58.3 Å². The zero-order chi connectivity index (χ0) is 33.0. The molecule has 13 heteroatoms. The summed E-state index contributed by atoms with van der Waals surface area (Å²) in [5.41, 5.74) is -4.16. The summed E-state index contributed by atoms with van der Waals surface area (Å²) >= 11 is 0. The van der Waals surface area contributed by atoms with Crippen molar-refractivity contribution in [3.8, 4) is 11.5 Å². The maximum atomic E-state index is 13.4. The van der Waals surface area contributed by atoms with Crippen LogP contribution in [-0.4, -0.2) is 36.1 Å². The fourth-order valence-electron chi connectivity index (χ4n) is 6.70. The highest BCUT2D eigenvalue weighted by atomic mass is 19.4. The molecule has 4 unspecified atom stereocenters. The number of pyridine rings is 1. The summed E-state index contributed by atoms with van der Waals surface area (Å²) in [6, 6.07) is 7.54. The molecule has 0 saturated carbocycles. The van der Waals surface area contributed by atoms with E-state index in [0.29, 0.717) is 35.2 Å². The summed E-state index contributed by atoms with van der Waals surface area (Å²) in [5, 5.41) is 3.96. The van der Waals surface area contributed by atoms with Crippen molar-refractivity contribution in [3.63, 3.8) is 0 Å². The number of methoxy groups -OCH3 is 1. The number of hydrogen-bond donors (Lipinski definition) is 1. The number of nitrogens with one attached hydrogen (secondary N) is 1. The van der Waals surface area contributed by atoms with Crippen molar-refractivity contribution in [1.29, 1.82) is 0 Å². The minimum Gasteiger partial charge on any atom is -0.497 e. The molecule has 7 rings (SSSR count). The van der Waals surface area contributed by atoms with E-state index in [4.69, 9.17) is 9.47 Å². The first kappa shape index (κ1) is 31.6. The first-order chi connectivity index (χ1) is 21.8. The van der Waals surface area contributed by atoms with Gasteiger partial charge in [0.25, 0.3) is 10.9 Å². The molecule has 0 spiro atoms. The van der Waals surface area contributed by atoms with Crippen molar-refractivity contribution >= 4 is 16.6 Å². The van der Waals surface area contributed by atoms with Crippen molar-refractivity contribution in [2.24, 2.45) is 11.8 Å². The van der Waals surface area contributed by atoms with Crippen LogP contribution in [0, 0.1) is 11.8 Å². The van der Waals surface area contributed by atoms with Gasteiger partial charge in [-0.25, -0.2) is 0 Å². The normalized spacial score (nSPS) is 22.2. The molecule has 46 heavy (non-hydrogen) atoms. The van der Waals surface area contributed by atoms with E-state index in [2.05, 4.69) is 21.8 Å². The van der Waals surface area contributed by atoms with Gasteiger partial charge in [-0.3, -0.25) is 19.5 Å². The minimum atomic E-state index is -5.05. The summed E-state index contributed by atoms with van der Waals surface area (Å²) < 4.78 is 91.3. The van der Waals surface area contributed by atoms with E-state index in [1.807, 2.05) is 12.1 Å². The highest BCUT2D eigenvalue weighted by Crippen LogP contribution is 2.44. The van der Waals surface area contributed by atoms with Crippen LogP contribution in [0.4, 0.5) is 32.0 Å². The van der Waals surface area contributed by atoms with Crippen LogP contribution in [0.2, 0.25) is 0 Å². The van der Waals surface area contributed by atoms with Crippen LogP contribution in [0.3, 0.4) is 0 Å². The van der Waals surface area contributed by atoms with Crippen molar-refractivity contribution in [3.05, 3.63) is 104 Å². The first-order valence-corrected chi connectivity index (χ1v) is 14.6. The van der Waals surface area contributed by atoms with E-state index in [-0.39, 0.29) is 17.8 Å². The van der Waals surface area contributed by atoms with Crippen molar-refractivity contribution < 1.29 is 35.8 Å². The summed E-state index contributed by atoms with van der Waals surface area (Å²) in [7, 11) is 1.53. The average Bonchev–Trinajstić information content (AvgIpc) is 3.04. The fraction of sp³-hybridized carbons (Fsp3) is 0.364. The number of halogens is 6. The summed E-state index contributed by atoms with van der Waals surface area (Å²) in [6.07, 6.45) is -4.80. The molecule has 3 aromatic carbocycles. The molecule has 242 valence electrons. The van der Waals surface area contributed by atoms with Gasteiger partial charge in [-0.05, 0) is 84.8 Å². The molecule has 1 N–H and O–H groups in total. The van der Waals surface area contributed by atoms with Crippen LogP contribution in [0.15, 0.2) is 70.9 Å². The van der Waals surface area contributed by atoms with E-state index >= 15 is 0 Å². The number of ether oxygens (including phenoxy) is 2. The lowest BCUT2D eigenvalue weighted by atomic mass is 9.73. The molecule has 5 atom stereocenters. The lowest BCUT2D eigenvalue weighted by Crippen LogP contribution is -2.56. The maximum Gasteiger partial charge on any atom is 0.416 e. The minimum absolute atomic E-state index is 0.0105. The largest absolute Gasteiger partial charge is 0.497 e. The monoisotopic (exact) mass is 645 g/mol. The van der Waals surface area contributed by atoms with Crippen LogP contribution < -0.4 is 25.6 Å². The molecular formula is C33H29F6N3O4. The lowest BCUT2D eigenvalue weighted by molar-refractivity contribution is -0.143. The second kappa shape index (κ2) is 11.8. The Morgan fingerprint density at radius 2 is 1.76 bits per heavy atom. The van der Waals surface area contributed by atoms with Crippen LogP contribution in [0.5, 0.6) is 11.5 Å². The Morgan fingerprint density at radius 3 is 2.37 bits per heavy atom. The van der Waals surface area contributed by atoms with Crippen molar-refractivity contribution in [1.82, 2.24) is 9.88 Å². The van der Waals surface area contributed by atoms with Gasteiger partial charge in [0.15, 0.2) is 5.75 Å². The molecular weight excluding hydrogens is 616 g/mol. The van der Waals surface area contributed by atoms with E-state index in [1.165, 1.54) is 7.11 Å². The Bertz CT molecular complexity index is 1830. The second-order valence-corrected chi connectivity index (χ2v) is 11.7. The topological polar surface area (TPSA) is 80.8 Å². The molecule has 0 amide bonds. The fourth-order valence-corrected chi connectivity index (χ4v) is 6.70. The molecule has 4 aromatic rings. The SMILES string of the molecule is C=CC1CN2CCC1CC2[C@@H](Nc1c(OCc2cc(C(F)(F)F)cc(C(F)(F)F)c2)c(=O)c1=O)c1ccnc2ccc(OC)cc12. The molecule has 3 saturated heterocycles. The molecule has 1 aromatic heterocycles. The predicted octanol–water partition coefficient (Wildman–Crippen LogP) is 6.51. The lowest BCUT2D eigenvalue weighted by Gasteiger charge is -2.52. The Hall–Kier alpha value is -4.39. The van der Waals surface area contributed by atoms with Gasteiger partial charge < -0.3 is 14.8 Å². The number of fused-ring (bicyclic) bond motifs is 4. The second-order valence-electron chi connectivity index (χ2n) is 11.7. The molecule has 3 aliphatic rings. The number of piperidine rings is 3. The standard InChI is InChI=1S/C33H29F6N3O4/c1-3-18-15-42-9-7-19(18)12-26(42)27(23-6-8-40-25-5-4-22(45-2)14-24(23)25)41-28-29(43)30(44)31(28)46-16-17-10-20(32(34,35)36)13-21(11-17)33(37,38)39/h3-6,8,10-11,13-14,18-19,26-27,41H,1,7,9,12,15-16H2,2H3/t18?,19?,26?,27-/m0/s1. The maximum absolute atomic E-state index is 13.4. The molecule has 4 heterocycles. The molecule has 3 aliphatic heterocycles. The third-order valence-corrected chi connectivity index (χ3v) is 9.05. The number of rotatable bonds is 9. The Labute approximate surface area is 259 Å². The molecule has 0 aliphatic carbocycles. The number of alkyl halides is 6. The molecule has 2 bridgehead atoms. The van der Waals surface area contributed by atoms with Gasteiger partial charge in [-0.1, -0.05) is 6.08 Å². The predicted molar refractivity (Wildman–Crippen MR) is 159 cm³/mol. The van der Waals surface area contributed by atoms with Gasteiger partial charge in [0.05, 0.1) is 29.8 Å². The van der Waals surface area contributed by atoms with Gasteiger partial charge in [-0.2, -0.15) is 26.3 Å². The van der Waals surface area contributed by atoms with Crippen LogP contribution >= 0.6 is 0 Å². The highest BCUT2D eigenvalue weighted by Gasteiger charge is 2.44. The number of hydrogen-bond acceptors (Lipinski definition) is 7. The average molecular weight is 646 g/mol. The number of nitrogens with zero attached hydrogens (tertiary/aromatic N) is 2. The van der Waals surface area contributed by atoms with Crippen molar-refractivity contribution in [2.45, 2.75) is 43.9 Å². The van der Waals surface area contributed by atoms with E-state index in [1.54, 1.807) is 24.4 Å². The van der Waals surface area contributed by atoms with Gasteiger partial charge in [0.2, 0.25) is 0 Å². The molecule has 3 fully saturated rings. The third-order valence-electron chi connectivity index (χ3n) is 9.05. The quantitative estimate of drug-likeness (QED) is 0.126. The van der Waals surface area contributed by atoms with Crippen LogP contribution in [-0.2, 0) is 19.0 Å². The smallest absolute Gasteiger partial charge is 0.416 e. The Balaban J connectivity index is 1.36. The highest BCUT2D eigenvalue weighted by molar-refractivity contribution is 5.84. The van der Waals surface area contributed by atoms with Crippen LogP contribution in [0.25, 0.3) is 10.9 Å². The third kappa shape index (κ3) is 5.83. The molecule has 0 radical (unpaired) electrons. The van der Waals surface area contributed by atoms with Crippen molar-refractivity contribution in [2.75, 3.05) is 25.5 Å². The van der Waals surface area contributed by atoms with Gasteiger partial charge in [0.1, 0.15) is 18.0 Å². The van der Waals surface area contributed by atoms with E-state index in [0.717, 1.165) is 36.9 Å². The van der Waals surface area contributed by atoms with Crippen LogP contribution in [0.1, 0.15) is 41.1 Å². The van der Waals surface area contributed by atoms with Gasteiger partial charge in [-0.15, -0.1) is 6.58 Å². The summed E-state index contributed by atoms with van der Waals surface area (Å²) in [6.45, 7) is 4.73. The zero-order valence-electron chi connectivity index (χ0n) is 24.5. The van der Waals surface area contributed by atoms with Gasteiger partial charge in [0, 0.05) is 24.2 Å². The number of benzene rings is 2. The summed E-state index contributed by atoms with van der Waals surface area (Å²) in [4.78, 5) is 32.3. The molecule has 7 nitrogen and oxygen atoms in total. The van der Waals surface area contributed by atoms with Gasteiger partial charge >= 0.3 is 12.4 Å².